The van der Waals surface area contributed by atoms with Gasteiger partial charge in [-0.05, 0) is 44.2 Å². The third-order valence-corrected chi connectivity index (χ3v) is 6.89. The summed E-state index contributed by atoms with van der Waals surface area (Å²) in [4.78, 5) is 50.1. The van der Waals surface area contributed by atoms with Gasteiger partial charge in [0.15, 0.2) is 23.0 Å². The Balaban J connectivity index is 1.99. The van der Waals surface area contributed by atoms with E-state index < -0.39 is 52.1 Å². The lowest BCUT2D eigenvalue weighted by Crippen LogP contribution is -2.57. The fourth-order valence-electron chi connectivity index (χ4n) is 5.29. The number of fused-ring (bicyclic) bond motifs is 3. The molecule has 0 bridgehead atoms. The summed E-state index contributed by atoms with van der Waals surface area (Å²) >= 11 is 0. The molecular weight excluding hydrogens is 418 g/mol. The predicted octanol–water partition coefficient (Wildman–Crippen LogP) is 1.30. The number of benzene rings is 1. The molecular formula is C23H23NO8. The number of hydrogen-bond donors (Lipinski definition) is 5. The van der Waals surface area contributed by atoms with Crippen molar-refractivity contribution < 1.29 is 39.6 Å². The van der Waals surface area contributed by atoms with Gasteiger partial charge in [0.05, 0.1) is 11.1 Å². The molecule has 0 aromatic heterocycles. The van der Waals surface area contributed by atoms with Crippen molar-refractivity contribution in [2.75, 3.05) is 6.54 Å². The number of carbonyl (C=O) groups is 4. The summed E-state index contributed by atoms with van der Waals surface area (Å²) in [5, 5.41) is 43.6. The van der Waals surface area contributed by atoms with Gasteiger partial charge >= 0.3 is 0 Å². The number of nitrogens with two attached hydrogens (primary N) is 1. The van der Waals surface area contributed by atoms with Gasteiger partial charge in [-0.15, -0.1) is 0 Å². The van der Waals surface area contributed by atoms with E-state index in [4.69, 9.17) is 5.73 Å². The first kappa shape index (κ1) is 21.9. The minimum absolute atomic E-state index is 0.0656. The molecule has 0 amide bonds. The molecule has 1 saturated carbocycles. The Labute approximate surface area is 182 Å². The van der Waals surface area contributed by atoms with Crippen LogP contribution in [0.5, 0.6) is 5.75 Å². The summed E-state index contributed by atoms with van der Waals surface area (Å²) in [5.74, 6) is -6.03. The summed E-state index contributed by atoms with van der Waals surface area (Å²) in [6, 6.07) is 1.27. The normalized spacial score (nSPS) is 27.1. The molecule has 0 aliphatic heterocycles. The van der Waals surface area contributed by atoms with Gasteiger partial charge in [0, 0.05) is 35.6 Å². The third kappa shape index (κ3) is 2.71. The van der Waals surface area contributed by atoms with E-state index in [1.807, 2.05) is 0 Å². The van der Waals surface area contributed by atoms with E-state index in [2.05, 4.69) is 0 Å². The number of rotatable bonds is 3. The average Bonchev–Trinajstić information content (AvgIpc) is 2.70. The standard InChI is InChI=1S/C23H23NO8/c1-8(25)12-6-13(9(2)26)19(28)18-14(12)4-10-3-11-5-16(27)15(7-24)21(30)23(11,32)22(31)17(10)20(18)29/h6,10-11,28-30,32H,3-5,7,24H2,1-2H3/t10-,11?,23-/m1/s1. The van der Waals surface area contributed by atoms with Crippen molar-refractivity contribution in [3.8, 4) is 5.75 Å². The molecule has 1 aromatic rings. The SMILES string of the molecule is CC(=O)c1cc(C(C)=O)c2c(c1O)C(O)=C1C(=O)[C@]3(O)C(O)=C(CN)C(=O)CC3C[C@@H]1C2. The van der Waals surface area contributed by atoms with Crippen LogP contribution in [0.4, 0.5) is 0 Å². The van der Waals surface area contributed by atoms with E-state index in [-0.39, 0.29) is 65.0 Å². The number of carbonyl (C=O) groups excluding carboxylic acids is 4. The second-order valence-corrected chi connectivity index (χ2v) is 8.64. The van der Waals surface area contributed by atoms with Crippen molar-refractivity contribution in [1.82, 2.24) is 0 Å². The molecule has 3 atom stereocenters. The molecule has 9 nitrogen and oxygen atoms in total. The molecule has 0 radical (unpaired) electrons. The number of aliphatic hydroxyl groups excluding tert-OH is 2. The van der Waals surface area contributed by atoms with Crippen LogP contribution in [-0.4, -0.2) is 55.7 Å². The van der Waals surface area contributed by atoms with Gasteiger partial charge in [-0.1, -0.05) is 0 Å². The molecule has 0 saturated heterocycles. The zero-order valence-corrected chi connectivity index (χ0v) is 17.6. The second-order valence-electron chi connectivity index (χ2n) is 8.64. The molecule has 0 heterocycles. The lowest BCUT2D eigenvalue weighted by molar-refractivity contribution is -0.147. The number of ketones is 4. The van der Waals surface area contributed by atoms with Gasteiger partial charge in [-0.3, -0.25) is 19.2 Å². The first-order chi connectivity index (χ1) is 14.9. The lowest BCUT2D eigenvalue weighted by atomic mass is 9.59. The Morgan fingerprint density at radius 1 is 1.09 bits per heavy atom. The van der Waals surface area contributed by atoms with Crippen molar-refractivity contribution in [3.63, 3.8) is 0 Å². The maximum Gasteiger partial charge on any atom is 0.202 e. The molecule has 0 spiro atoms. The van der Waals surface area contributed by atoms with Crippen LogP contribution in [0.25, 0.3) is 5.76 Å². The maximum atomic E-state index is 13.4. The Hall–Kier alpha value is -3.30. The van der Waals surface area contributed by atoms with Crippen LogP contribution in [-0.2, 0) is 16.0 Å². The Morgan fingerprint density at radius 3 is 2.28 bits per heavy atom. The highest BCUT2D eigenvalue weighted by atomic mass is 16.3. The van der Waals surface area contributed by atoms with Crippen molar-refractivity contribution in [2.45, 2.75) is 38.7 Å². The highest BCUT2D eigenvalue weighted by Gasteiger charge is 2.59. The molecule has 4 rings (SSSR count). The van der Waals surface area contributed by atoms with Crippen molar-refractivity contribution in [3.05, 3.63) is 45.2 Å². The molecule has 1 fully saturated rings. The minimum Gasteiger partial charge on any atom is -0.508 e. The Bertz CT molecular complexity index is 1190. The fraction of sp³-hybridized carbons (Fsp3) is 0.391. The van der Waals surface area contributed by atoms with Crippen LogP contribution in [0.3, 0.4) is 0 Å². The first-order valence-corrected chi connectivity index (χ1v) is 10.2. The Kier molecular flexibility index (Phi) is 4.87. The van der Waals surface area contributed by atoms with Crippen LogP contribution in [0, 0.1) is 11.8 Å². The van der Waals surface area contributed by atoms with Crippen LogP contribution in [0.1, 0.15) is 58.5 Å². The Morgan fingerprint density at radius 2 is 1.72 bits per heavy atom. The molecule has 1 unspecified atom stereocenters. The van der Waals surface area contributed by atoms with Crippen molar-refractivity contribution >= 4 is 28.9 Å². The quantitative estimate of drug-likeness (QED) is 0.433. The van der Waals surface area contributed by atoms with Crippen LogP contribution in [0.2, 0.25) is 0 Å². The van der Waals surface area contributed by atoms with E-state index in [1.54, 1.807) is 0 Å². The molecule has 6 N–H and O–H groups in total. The molecule has 9 heteroatoms. The number of aliphatic hydroxyl groups is 3. The lowest BCUT2D eigenvalue weighted by Gasteiger charge is -2.46. The average molecular weight is 441 g/mol. The smallest absolute Gasteiger partial charge is 0.202 e. The van der Waals surface area contributed by atoms with Gasteiger partial charge in [0.1, 0.15) is 17.3 Å². The van der Waals surface area contributed by atoms with Crippen molar-refractivity contribution in [2.24, 2.45) is 17.6 Å². The highest BCUT2D eigenvalue weighted by Crippen LogP contribution is 2.52. The molecule has 168 valence electrons. The highest BCUT2D eigenvalue weighted by molar-refractivity contribution is 6.14. The van der Waals surface area contributed by atoms with Crippen LogP contribution >= 0.6 is 0 Å². The number of aromatic hydroxyl groups is 1. The summed E-state index contributed by atoms with van der Waals surface area (Å²) in [5.41, 5.74) is 2.65. The summed E-state index contributed by atoms with van der Waals surface area (Å²) < 4.78 is 0. The van der Waals surface area contributed by atoms with Crippen LogP contribution in [0.15, 0.2) is 23.0 Å². The van der Waals surface area contributed by atoms with Gasteiger partial charge < -0.3 is 26.2 Å². The number of hydrogen-bond acceptors (Lipinski definition) is 9. The van der Waals surface area contributed by atoms with Gasteiger partial charge in [-0.2, -0.15) is 0 Å². The van der Waals surface area contributed by atoms with Gasteiger partial charge in [0.25, 0.3) is 0 Å². The molecule has 32 heavy (non-hydrogen) atoms. The monoisotopic (exact) mass is 441 g/mol. The zero-order chi connectivity index (χ0) is 23.7. The van der Waals surface area contributed by atoms with E-state index >= 15 is 0 Å². The largest absolute Gasteiger partial charge is 0.508 e. The topological polar surface area (TPSA) is 175 Å². The van der Waals surface area contributed by atoms with E-state index in [1.165, 1.54) is 19.9 Å². The number of Topliss-reactive ketones (excluding diaryl/α,β-unsaturated/α-hetero) is 4. The number of phenols is 1. The summed E-state index contributed by atoms with van der Waals surface area (Å²) in [6.45, 7) is 2.11. The van der Waals surface area contributed by atoms with E-state index in [0.29, 0.717) is 0 Å². The summed E-state index contributed by atoms with van der Waals surface area (Å²) in [6.07, 6.45) is -0.0677. The number of phenolic OH excluding ortho intramolecular Hbond substituents is 1. The predicted molar refractivity (Wildman–Crippen MR) is 111 cm³/mol. The molecule has 1 aromatic carbocycles. The fourth-order valence-corrected chi connectivity index (χ4v) is 5.29. The first-order valence-electron chi connectivity index (χ1n) is 10.2. The van der Waals surface area contributed by atoms with E-state index in [9.17, 15) is 39.6 Å². The van der Waals surface area contributed by atoms with E-state index in [0.717, 1.165) is 0 Å². The van der Waals surface area contributed by atoms with Gasteiger partial charge in [0.2, 0.25) is 5.78 Å². The zero-order valence-electron chi connectivity index (χ0n) is 17.6. The second kappa shape index (κ2) is 7.11. The molecule has 3 aliphatic carbocycles. The summed E-state index contributed by atoms with van der Waals surface area (Å²) in [7, 11) is 0. The maximum absolute atomic E-state index is 13.4. The third-order valence-electron chi connectivity index (χ3n) is 6.89. The molecule has 3 aliphatic rings. The van der Waals surface area contributed by atoms with Crippen molar-refractivity contribution in [1.29, 1.82) is 0 Å². The van der Waals surface area contributed by atoms with Gasteiger partial charge in [-0.25, -0.2) is 0 Å². The van der Waals surface area contributed by atoms with Crippen LogP contribution < -0.4 is 5.73 Å². The minimum atomic E-state index is -2.43.